The number of carbonyl (C=O) groups excluding carboxylic acids is 2. The molecule has 1 aromatic rings. The van der Waals surface area contributed by atoms with E-state index < -0.39 is 12.0 Å². The van der Waals surface area contributed by atoms with E-state index in [1.165, 1.54) is 17.8 Å². The molecule has 0 saturated carbocycles. The molecule has 0 aromatic heterocycles. The second-order valence-electron chi connectivity index (χ2n) is 5.96. The minimum absolute atomic E-state index is 0.0252. The third-order valence-corrected chi connectivity index (χ3v) is 6.05. The van der Waals surface area contributed by atoms with E-state index in [0.717, 1.165) is 10.0 Å². The highest BCUT2D eigenvalue weighted by atomic mass is 79.9. The van der Waals surface area contributed by atoms with Crippen LogP contribution in [0.2, 0.25) is 0 Å². The summed E-state index contributed by atoms with van der Waals surface area (Å²) in [7, 11) is 0. The van der Waals surface area contributed by atoms with Crippen LogP contribution in [0, 0.1) is 0 Å². The SMILES string of the molecule is C=CCOC(=O)C1=C(C)N=C2S[C@H](CC)C(=O)N2[C@H]1c1cccc(Br)c1. The van der Waals surface area contributed by atoms with Gasteiger partial charge in [-0.2, -0.15) is 0 Å². The van der Waals surface area contributed by atoms with E-state index >= 15 is 0 Å². The molecular weight excluding hydrogens is 416 g/mol. The smallest absolute Gasteiger partial charge is 0.338 e. The van der Waals surface area contributed by atoms with Crippen molar-refractivity contribution >= 4 is 44.7 Å². The van der Waals surface area contributed by atoms with Gasteiger partial charge >= 0.3 is 5.97 Å². The Morgan fingerprint density at radius 1 is 1.50 bits per heavy atom. The fraction of sp³-hybridized carbons (Fsp3) is 0.316. The maximum atomic E-state index is 12.9. The first-order valence-electron chi connectivity index (χ1n) is 8.30. The van der Waals surface area contributed by atoms with Gasteiger partial charge in [0.1, 0.15) is 6.61 Å². The highest BCUT2D eigenvalue weighted by Crippen LogP contribution is 2.44. The molecule has 0 unspecified atom stereocenters. The van der Waals surface area contributed by atoms with Crippen molar-refractivity contribution in [3.05, 3.63) is 58.2 Å². The van der Waals surface area contributed by atoms with Crippen LogP contribution in [-0.2, 0) is 14.3 Å². The van der Waals surface area contributed by atoms with Crippen LogP contribution >= 0.6 is 27.7 Å². The molecule has 0 bridgehead atoms. The third kappa shape index (κ3) is 3.38. The molecule has 0 aliphatic carbocycles. The molecule has 2 aliphatic rings. The summed E-state index contributed by atoms with van der Waals surface area (Å²) in [5.41, 5.74) is 1.80. The topological polar surface area (TPSA) is 59.0 Å². The molecule has 3 rings (SSSR count). The van der Waals surface area contributed by atoms with Crippen LogP contribution in [0.25, 0.3) is 0 Å². The Kier molecular flexibility index (Phi) is 5.67. The summed E-state index contributed by atoms with van der Waals surface area (Å²) >= 11 is 4.92. The zero-order valence-electron chi connectivity index (χ0n) is 14.6. The number of rotatable bonds is 5. The van der Waals surface area contributed by atoms with E-state index in [4.69, 9.17) is 4.74 Å². The lowest BCUT2D eigenvalue weighted by Crippen LogP contribution is -2.40. The van der Waals surface area contributed by atoms with Crippen molar-refractivity contribution in [1.29, 1.82) is 0 Å². The average Bonchev–Trinajstić information content (AvgIpc) is 2.93. The number of benzene rings is 1. The number of thioether (sulfide) groups is 1. The van der Waals surface area contributed by atoms with Crippen molar-refractivity contribution in [2.75, 3.05) is 6.61 Å². The monoisotopic (exact) mass is 434 g/mol. The molecule has 2 atom stereocenters. The summed E-state index contributed by atoms with van der Waals surface area (Å²) in [6.45, 7) is 7.44. The van der Waals surface area contributed by atoms with Gasteiger partial charge in [-0.3, -0.25) is 9.69 Å². The molecular formula is C19H19BrN2O3S. The van der Waals surface area contributed by atoms with Crippen molar-refractivity contribution in [2.24, 2.45) is 4.99 Å². The van der Waals surface area contributed by atoms with E-state index in [-0.39, 0.29) is 17.8 Å². The van der Waals surface area contributed by atoms with Gasteiger partial charge in [0, 0.05) is 4.47 Å². The number of amides is 1. The van der Waals surface area contributed by atoms with Crippen molar-refractivity contribution in [3.8, 4) is 0 Å². The molecule has 0 N–H and O–H groups in total. The van der Waals surface area contributed by atoms with Crippen LogP contribution in [0.5, 0.6) is 0 Å². The summed E-state index contributed by atoms with van der Waals surface area (Å²) < 4.78 is 6.16. The maximum Gasteiger partial charge on any atom is 0.338 e. The van der Waals surface area contributed by atoms with Gasteiger partial charge in [0.05, 0.1) is 22.6 Å². The zero-order valence-corrected chi connectivity index (χ0v) is 17.0. The van der Waals surface area contributed by atoms with Gasteiger partial charge in [-0.05, 0) is 31.0 Å². The lowest BCUT2D eigenvalue weighted by Gasteiger charge is -2.33. The van der Waals surface area contributed by atoms with Gasteiger partial charge in [-0.15, -0.1) is 0 Å². The normalized spacial score (nSPS) is 22.2. The van der Waals surface area contributed by atoms with Crippen molar-refractivity contribution in [2.45, 2.75) is 31.6 Å². The van der Waals surface area contributed by atoms with Gasteiger partial charge in [0.2, 0.25) is 5.91 Å². The fourth-order valence-electron chi connectivity index (χ4n) is 3.05. The largest absolute Gasteiger partial charge is 0.458 e. The first-order valence-corrected chi connectivity index (χ1v) is 9.97. The summed E-state index contributed by atoms with van der Waals surface area (Å²) in [5, 5.41) is 0.462. The first kappa shape index (κ1) is 18.9. The molecule has 1 aromatic carbocycles. The van der Waals surface area contributed by atoms with E-state index in [9.17, 15) is 9.59 Å². The van der Waals surface area contributed by atoms with Gasteiger partial charge in [-0.1, -0.05) is 59.4 Å². The van der Waals surface area contributed by atoms with Crippen LogP contribution in [0.15, 0.2) is 57.7 Å². The molecule has 1 saturated heterocycles. The zero-order chi connectivity index (χ0) is 18.8. The Labute approximate surface area is 165 Å². The Hall–Kier alpha value is -1.86. The molecule has 5 nitrogen and oxygen atoms in total. The average molecular weight is 435 g/mol. The molecule has 0 spiro atoms. The number of nitrogens with zero attached hydrogens (tertiary/aromatic N) is 2. The van der Waals surface area contributed by atoms with Crippen LogP contribution in [-0.4, -0.2) is 33.8 Å². The molecule has 2 heterocycles. The summed E-state index contributed by atoms with van der Waals surface area (Å²) in [5.74, 6) is -0.504. The molecule has 2 aliphatic heterocycles. The lowest BCUT2D eigenvalue weighted by molar-refractivity contribution is -0.139. The predicted octanol–water partition coefficient (Wildman–Crippen LogP) is 4.22. The Morgan fingerprint density at radius 2 is 2.27 bits per heavy atom. The van der Waals surface area contributed by atoms with Gasteiger partial charge < -0.3 is 4.74 Å². The Morgan fingerprint density at radius 3 is 2.92 bits per heavy atom. The van der Waals surface area contributed by atoms with Crippen LogP contribution < -0.4 is 0 Å². The fourth-order valence-corrected chi connectivity index (χ4v) is 4.61. The number of esters is 1. The number of halogens is 1. The third-order valence-electron chi connectivity index (χ3n) is 4.24. The number of aliphatic imine (C=N–C) groups is 1. The van der Waals surface area contributed by atoms with Gasteiger partial charge in [-0.25, -0.2) is 9.79 Å². The minimum Gasteiger partial charge on any atom is -0.458 e. The number of amidine groups is 1. The van der Waals surface area contributed by atoms with E-state index in [1.54, 1.807) is 11.8 Å². The van der Waals surface area contributed by atoms with Crippen LogP contribution in [0.1, 0.15) is 31.9 Å². The lowest BCUT2D eigenvalue weighted by atomic mass is 9.94. The number of ether oxygens (including phenoxy) is 1. The number of hydrogen-bond acceptors (Lipinski definition) is 5. The Balaban J connectivity index is 2.12. The van der Waals surface area contributed by atoms with Crippen LogP contribution in [0.3, 0.4) is 0 Å². The second kappa shape index (κ2) is 7.80. The summed E-state index contributed by atoms with van der Waals surface area (Å²) in [4.78, 5) is 31.8. The summed E-state index contributed by atoms with van der Waals surface area (Å²) in [6.07, 6.45) is 2.23. The standard InChI is InChI=1S/C19H19BrN2O3S/c1-4-9-25-18(24)15-11(3)21-19-22(17(23)14(5-2)26-19)16(15)12-7-6-8-13(20)10-12/h4,6-8,10,14,16H,1,5,9H2,2-3H3/t14-,16+/m1/s1. The van der Waals surface area contributed by atoms with Gasteiger partial charge in [0.15, 0.2) is 5.17 Å². The molecule has 7 heteroatoms. The highest BCUT2D eigenvalue weighted by Gasteiger charge is 2.47. The summed E-state index contributed by atoms with van der Waals surface area (Å²) in [6, 6.07) is 7.07. The van der Waals surface area contributed by atoms with E-state index in [0.29, 0.717) is 22.9 Å². The molecule has 1 amide bonds. The molecule has 1 fully saturated rings. The van der Waals surface area contributed by atoms with Gasteiger partial charge in [0.25, 0.3) is 0 Å². The number of hydrogen-bond donors (Lipinski definition) is 0. The van der Waals surface area contributed by atoms with Crippen LogP contribution in [0.4, 0.5) is 0 Å². The van der Waals surface area contributed by atoms with E-state index in [1.807, 2.05) is 31.2 Å². The highest BCUT2D eigenvalue weighted by molar-refractivity contribution is 9.10. The molecule has 136 valence electrons. The maximum absolute atomic E-state index is 12.9. The number of carbonyl (C=O) groups is 2. The predicted molar refractivity (Wildman–Crippen MR) is 107 cm³/mol. The van der Waals surface area contributed by atoms with Crippen molar-refractivity contribution < 1.29 is 14.3 Å². The van der Waals surface area contributed by atoms with E-state index in [2.05, 4.69) is 27.5 Å². The quantitative estimate of drug-likeness (QED) is 0.514. The molecule has 26 heavy (non-hydrogen) atoms. The number of fused-ring (bicyclic) bond motifs is 1. The Bertz CT molecular complexity index is 834. The molecule has 0 radical (unpaired) electrons. The van der Waals surface area contributed by atoms with Crippen molar-refractivity contribution in [1.82, 2.24) is 4.90 Å². The number of allylic oxidation sites excluding steroid dienone is 1. The first-order chi connectivity index (χ1) is 12.5. The van der Waals surface area contributed by atoms with Crippen molar-refractivity contribution in [3.63, 3.8) is 0 Å². The second-order valence-corrected chi connectivity index (χ2v) is 8.05. The minimum atomic E-state index is -0.547.